The number of nitrogens with one attached hydrogen (secondary N) is 1. The molecule has 7 heteroatoms. The van der Waals surface area contributed by atoms with Crippen LogP contribution in [0.4, 0.5) is 5.82 Å². The molecule has 1 atom stereocenters. The van der Waals surface area contributed by atoms with Crippen molar-refractivity contribution >= 4 is 23.5 Å². The molecule has 0 bridgehead atoms. The summed E-state index contributed by atoms with van der Waals surface area (Å²) in [4.78, 5) is 29.2. The highest BCUT2D eigenvalue weighted by Gasteiger charge is 2.33. The number of para-hydroxylation sites is 1. The standard InChI is InChI=1S/C18H21N3O3S/c1-10(2)24-13-8-6-5-7-11(13)12-9-14(22)19-16-15(12)17(23)20-18(25-4)21(16)3/h5-8,10,12H,9H2,1-4H3,(H,19,22)/t12-/m1/s1. The molecule has 0 spiro atoms. The third-order valence-corrected chi connectivity index (χ3v) is 4.87. The maximum absolute atomic E-state index is 12.7. The average Bonchev–Trinajstić information content (AvgIpc) is 2.57. The minimum absolute atomic E-state index is 0.00198. The number of hydrogen-bond acceptors (Lipinski definition) is 5. The lowest BCUT2D eigenvalue weighted by atomic mass is 9.86. The molecular weight excluding hydrogens is 338 g/mol. The zero-order chi connectivity index (χ0) is 18.1. The van der Waals surface area contributed by atoms with Gasteiger partial charge in [-0.25, -0.2) is 0 Å². The summed E-state index contributed by atoms with van der Waals surface area (Å²) >= 11 is 1.37. The maximum atomic E-state index is 12.7. The van der Waals surface area contributed by atoms with Gasteiger partial charge in [0.2, 0.25) is 5.91 Å². The molecule has 0 radical (unpaired) electrons. The molecule has 1 aliphatic heterocycles. The topological polar surface area (TPSA) is 73.2 Å². The smallest absolute Gasteiger partial charge is 0.279 e. The minimum Gasteiger partial charge on any atom is -0.491 e. The second-order valence-corrected chi connectivity index (χ2v) is 7.01. The van der Waals surface area contributed by atoms with Crippen LogP contribution in [0.2, 0.25) is 0 Å². The fourth-order valence-electron chi connectivity index (χ4n) is 3.11. The van der Waals surface area contributed by atoms with Crippen LogP contribution in [0.5, 0.6) is 5.75 Å². The third kappa shape index (κ3) is 3.28. The first kappa shape index (κ1) is 17.5. The van der Waals surface area contributed by atoms with Crippen LogP contribution in [-0.4, -0.2) is 27.8 Å². The van der Waals surface area contributed by atoms with Gasteiger partial charge in [0.1, 0.15) is 11.6 Å². The first-order valence-corrected chi connectivity index (χ1v) is 9.35. The first-order chi connectivity index (χ1) is 11.9. The van der Waals surface area contributed by atoms with E-state index in [1.807, 2.05) is 44.4 Å². The molecule has 1 amide bonds. The predicted molar refractivity (Wildman–Crippen MR) is 98.6 cm³/mol. The van der Waals surface area contributed by atoms with Crippen LogP contribution in [-0.2, 0) is 11.8 Å². The molecule has 0 unspecified atom stereocenters. The Balaban J connectivity index is 2.20. The summed E-state index contributed by atoms with van der Waals surface area (Å²) in [5.41, 5.74) is 1.05. The molecule has 0 saturated carbocycles. The van der Waals surface area contributed by atoms with E-state index in [0.717, 1.165) is 5.56 Å². The van der Waals surface area contributed by atoms with E-state index < -0.39 is 0 Å². The van der Waals surface area contributed by atoms with E-state index in [1.54, 1.807) is 11.6 Å². The zero-order valence-electron chi connectivity index (χ0n) is 14.7. The maximum Gasteiger partial charge on any atom is 0.279 e. The van der Waals surface area contributed by atoms with Crippen molar-refractivity contribution in [3.8, 4) is 5.75 Å². The van der Waals surface area contributed by atoms with Crippen molar-refractivity contribution in [1.82, 2.24) is 9.55 Å². The van der Waals surface area contributed by atoms with E-state index in [0.29, 0.717) is 22.3 Å². The summed E-state index contributed by atoms with van der Waals surface area (Å²) in [5.74, 6) is 0.718. The molecule has 132 valence electrons. The molecule has 1 aromatic carbocycles. The molecule has 2 aromatic rings. The third-order valence-electron chi connectivity index (χ3n) is 4.14. The van der Waals surface area contributed by atoms with E-state index in [4.69, 9.17) is 4.74 Å². The van der Waals surface area contributed by atoms with Gasteiger partial charge in [-0.2, -0.15) is 4.98 Å². The molecule has 3 rings (SSSR count). The Morgan fingerprint density at radius 3 is 2.72 bits per heavy atom. The van der Waals surface area contributed by atoms with Crippen LogP contribution in [0, 0.1) is 0 Å². The Labute approximate surface area is 150 Å². The summed E-state index contributed by atoms with van der Waals surface area (Å²) in [5, 5.41) is 3.40. The Morgan fingerprint density at radius 1 is 1.32 bits per heavy atom. The van der Waals surface area contributed by atoms with E-state index in [2.05, 4.69) is 10.3 Å². The van der Waals surface area contributed by atoms with Crippen molar-refractivity contribution < 1.29 is 9.53 Å². The summed E-state index contributed by atoms with van der Waals surface area (Å²) in [6.45, 7) is 3.90. The average molecular weight is 359 g/mol. The summed E-state index contributed by atoms with van der Waals surface area (Å²) < 4.78 is 7.66. The number of anilines is 1. The molecule has 6 nitrogen and oxygen atoms in total. The van der Waals surface area contributed by atoms with Gasteiger partial charge in [-0.1, -0.05) is 30.0 Å². The molecular formula is C18H21N3O3S. The lowest BCUT2D eigenvalue weighted by Gasteiger charge is -2.28. The lowest BCUT2D eigenvalue weighted by Crippen LogP contribution is -2.33. The van der Waals surface area contributed by atoms with Crippen LogP contribution in [0.25, 0.3) is 0 Å². The highest BCUT2D eigenvalue weighted by Crippen LogP contribution is 2.39. The molecule has 25 heavy (non-hydrogen) atoms. The second-order valence-electron chi connectivity index (χ2n) is 6.23. The van der Waals surface area contributed by atoms with Gasteiger partial charge in [0.15, 0.2) is 5.16 Å². The van der Waals surface area contributed by atoms with Crippen molar-refractivity contribution in [1.29, 1.82) is 0 Å². The first-order valence-electron chi connectivity index (χ1n) is 8.12. The number of thioether (sulfide) groups is 1. The van der Waals surface area contributed by atoms with Crippen LogP contribution >= 0.6 is 11.8 Å². The summed E-state index contributed by atoms with van der Waals surface area (Å²) in [6, 6.07) is 7.56. The van der Waals surface area contributed by atoms with Crippen LogP contribution in [0.3, 0.4) is 0 Å². The number of fused-ring (bicyclic) bond motifs is 1. The number of hydrogen-bond donors (Lipinski definition) is 1. The number of rotatable bonds is 4. The fourth-order valence-corrected chi connectivity index (χ4v) is 3.65. The van der Waals surface area contributed by atoms with Gasteiger partial charge in [-0.15, -0.1) is 0 Å². The Bertz CT molecular complexity index is 876. The molecule has 0 aliphatic carbocycles. The number of carbonyl (C=O) groups is 1. The van der Waals surface area contributed by atoms with Gasteiger partial charge in [-0.3, -0.25) is 9.59 Å². The largest absolute Gasteiger partial charge is 0.491 e. The van der Waals surface area contributed by atoms with Gasteiger partial charge in [0.05, 0.1) is 11.7 Å². The normalized spacial score (nSPS) is 16.5. The number of benzene rings is 1. The number of amides is 1. The van der Waals surface area contributed by atoms with Crippen molar-refractivity contribution in [2.45, 2.75) is 37.4 Å². The SMILES string of the molecule is CSc1nc(=O)c2c(n1C)NC(=O)C[C@@H]2c1ccccc1OC(C)C. The van der Waals surface area contributed by atoms with E-state index >= 15 is 0 Å². The molecule has 1 aromatic heterocycles. The minimum atomic E-state index is -0.374. The highest BCUT2D eigenvalue weighted by atomic mass is 32.2. The second kappa shape index (κ2) is 6.92. The number of nitrogens with zero attached hydrogens (tertiary/aromatic N) is 2. The highest BCUT2D eigenvalue weighted by molar-refractivity contribution is 7.98. The van der Waals surface area contributed by atoms with E-state index in [-0.39, 0.29) is 29.9 Å². The number of ether oxygens (including phenoxy) is 1. The Morgan fingerprint density at radius 2 is 2.04 bits per heavy atom. The lowest BCUT2D eigenvalue weighted by molar-refractivity contribution is -0.116. The monoisotopic (exact) mass is 359 g/mol. The van der Waals surface area contributed by atoms with E-state index in [9.17, 15) is 9.59 Å². The summed E-state index contributed by atoms with van der Waals surface area (Å²) in [6.07, 6.45) is 2.04. The van der Waals surface area contributed by atoms with Crippen molar-refractivity contribution in [2.24, 2.45) is 7.05 Å². The van der Waals surface area contributed by atoms with Crippen molar-refractivity contribution in [2.75, 3.05) is 11.6 Å². The van der Waals surface area contributed by atoms with Gasteiger partial charge in [-0.05, 0) is 26.2 Å². The van der Waals surface area contributed by atoms with Crippen LogP contribution in [0.1, 0.15) is 37.3 Å². The number of carbonyl (C=O) groups excluding carboxylic acids is 1. The molecule has 2 heterocycles. The quantitative estimate of drug-likeness (QED) is 0.671. The zero-order valence-corrected chi connectivity index (χ0v) is 15.5. The van der Waals surface area contributed by atoms with Crippen molar-refractivity contribution in [3.63, 3.8) is 0 Å². The Kier molecular flexibility index (Phi) is 4.85. The molecule has 1 N–H and O–H groups in total. The number of aromatic nitrogens is 2. The van der Waals surface area contributed by atoms with Gasteiger partial charge in [0.25, 0.3) is 5.56 Å². The molecule has 0 saturated heterocycles. The van der Waals surface area contributed by atoms with Crippen LogP contribution in [0.15, 0.2) is 34.2 Å². The van der Waals surface area contributed by atoms with E-state index in [1.165, 1.54) is 11.8 Å². The van der Waals surface area contributed by atoms with Gasteiger partial charge in [0, 0.05) is 24.9 Å². The predicted octanol–water partition coefficient (Wildman–Crippen LogP) is 2.76. The summed E-state index contributed by atoms with van der Waals surface area (Å²) in [7, 11) is 1.80. The molecule has 0 fully saturated rings. The van der Waals surface area contributed by atoms with Crippen molar-refractivity contribution in [3.05, 3.63) is 45.7 Å². The fraction of sp³-hybridized carbons (Fsp3) is 0.389. The Hall–Kier alpha value is -2.28. The van der Waals surface area contributed by atoms with Gasteiger partial charge >= 0.3 is 0 Å². The molecule has 1 aliphatic rings. The van der Waals surface area contributed by atoms with Crippen LogP contribution < -0.4 is 15.6 Å². The van der Waals surface area contributed by atoms with Gasteiger partial charge < -0.3 is 14.6 Å².